The van der Waals surface area contributed by atoms with E-state index in [1.807, 2.05) is 13.8 Å². The Balaban J connectivity index is 1.80. The van der Waals surface area contributed by atoms with E-state index >= 15 is 0 Å². The highest BCUT2D eigenvalue weighted by molar-refractivity contribution is 8.00. The molecule has 0 radical (unpaired) electrons. The lowest BCUT2D eigenvalue weighted by Crippen LogP contribution is -2.36. The number of aromatic nitrogens is 2. The molecule has 1 aromatic heterocycles. The number of H-pyrrole nitrogens is 1. The highest BCUT2D eigenvalue weighted by atomic mass is 32.2. The molecular formula is C19H22FN3O3S. The van der Waals surface area contributed by atoms with Gasteiger partial charge in [-0.05, 0) is 44.4 Å². The van der Waals surface area contributed by atoms with Crippen LogP contribution in [0, 0.1) is 5.82 Å². The quantitative estimate of drug-likeness (QED) is 0.824. The van der Waals surface area contributed by atoms with Gasteiger partial charge in [-0.1, -0.05) is 12.1 Å². The van der Waals surface area contributed by atoms with Crippen molar-refractivity contribution in [3.05, 3.63) is 51.6 Å². The zero-order valence-electron chi connectivity index (χ0n) is 15.3. The van der Waals surface area contributed by atoms with Crippen molar-refractivity contribution in [2.24, 2.45) is 0 Å². The first-order valence-electron chi connectivity index (χ1n) is 8.99. The van der Waals surface area contributed by atoms with Gasteiger partial charge in [-0.3, -0.25) is 19.4 Å². The van der Waals surface area contributed by atoms with E-state index in [0.717, 1.165) is 18.4 Å². The summed E-state index contributed by atoms with van der Waals surface area (Å²) in [7, 11) is 0. The summed E-state index contributed by atoms with van der Waals surface area (Å²) in [5.74, 6) is 0.273. The Bertz CT molecular complexity index is 919. The molecule has 8 heteroatoms. The highest BCUT2D eigenvalue weighted by Crippen LogP contribution is 2.42. The van der Waals surface area contributed by atoms with E-state index in [1.165, 1.54) is 23.9 Å². The Morgan fingerprint density at radius 2 is 2.00 bits per heavy atom. The molecule has 1 aromatic carbocycles. The minimum absolute atomic E-state index is 0.0301. The van der Waals surface area contributed by atoms with Gasteiger partial charge in [0.2, 0.25) is 5.91 Å². The van der Waals surface area contributed by atoms with Gasteiger partial charge in [-0.25, -0.2) is 4.39 Å². The van der Waals surface area contributed by atoms with E-state index in [1.54, 1.807) is 16.8 Å². The van der Waals surface area contributed by atoms with Crippen molar-refractivity contribution >= 4 is 23.5 Å². The van der Waals surface area contributed by atoms with E-state index in [4.69, 9.17) is 4.74 Å². The number of fused-ring (bicyclic) bond motifs is 1. The second kappa shape index (κ2) is 6.83. The molecule has 1 amide bonds. The number of ether oxygens (including phenoxy) is 1. The van der Waals surface area contributed by atoms with Crippen molar-refractivity contribution < 1.29 is 13.9 Å². The van der Waals surface area contributed by atoms with Crippen molar-refractivity contribution in [2.45, 2.75) is 43.6 Å². The molecule has 2 aliphatic heterocycles. The van der Waals surface area contributed by atoms with Crippen LogP contribution in [0.15, 0.2) is 29.1 Å². The van der Waals surface area contributed by atoms with E-state index in [9.17, 15) is 14.0 Å². The first-order valence-corrected chi connectivity index (χ1v) is 10.0. The Kier molecular flexibility index (Phi) is 4.63. The number of nitrogens with zero attached hydrogens (tertiary/aromatic N) is 1. The van der Waals surface area contributed by atoms with Gasteiger partial charge in [0.05, 0.1) is 28.2 Å². The number of anilines is 1. The monoisotopic (exact) mass is 391 g/mol. The zero-order valence-corrected chi connectivity index (χ0v) is 16.1. The number of aromatic amines is 1. The lowest BCUT2D eigenvalue weighted by atomic mass is 9.94. The SMILES string of the molecule is CC1(C)C[C@H](n2[nH]c(=O)c3c2NC(=O)CS[C@@H]3c2ccc(F)cc2)CCO1. The maximum atomic E-state index is 13.3. The fraction of sp³-hybridized carbons (Fsp3) is 0.474. The van der Waals surface area contributed by atoms with E-state index in [-0.39, 0.29) is 39.9 Å². The molecular weight excluding hydrogens is 369 g/mol. The summed E-state index contributed by atoms with van der Waals surface area (Å²) in [5.41, 5.74) is 0.798. The van der Waals surface area contributed by atoms with Crippen LogP contribution in [0.5, 0.6) is 0 Å². The number of thioether (sulfide) groups is 1. The van der Waals surface area contributed by atoms with Crippen LogP contribution in [-0.2, 0) is 9.53 Å². The predicted octanol–water partition coefficient (Wildman–Crippen LogP) is 3.22. The van der Waals surface area contributed by atoms with Gasteiger partial charge in [-0.2, -0.15) is 0 Å². The summed E-state index contributed by atoms with van der Waals surface area (Å²) < 4.78 is 20.9. The molecule has 2 aliphatic rings. The van der Waals surface area contributed by atoms with Crippen molar-refractivity contribution in [1.29, 1.82) is 0 Å². The maximum Gasteiger partial charge on any atom is 0.270 e. The van der Waals surface area contributed by atoms with E-state index < -0.39 is 0 Å². The maximum absolute atomic E-state index is 13.3. The normalized spacial score (nSPS) is 24.8. The lowest BCUT2D eigenvalue weighted by Gasteiger charge is -2.36. The number of rotatable bonds is 2. The zero-order chi connectivity index (χ0) is 19.2. The average molecular weight is 391 g/mol. The summed E-state index contributed by atoms with van der Waals surface area (Å²) in [6.07, 6.45) is 1.49. The molecule has 2 aromatic rings. The van der Waals surface area contributed by atoms with Crippen LogP contribution in [0.3, 0.4) is 0 Å². The summed E-state index contributed by atoms with van der Waals surface area (Å²) in [5, 5.41) is 5.49. The first-order chi connectivity index (χ1) is 12.8. The van der Waals surface area contributed by atoms with Gasteiger partial charge < -0.3 is 10.1 Å². The molecule has 144 valence electrons. The molecule has 1 fully saturated rings. The Hall–Kier alpha value is -2.06. The third-order valence-electron chi connectivity index (χ3n) is 5.07. The Morgan fingerprint density at radius 3 is 2.70 bits per heavy atom. The van der Waals surface area contributed by atoms with Crippen LogP contribution in [-0.4, -0.2) is 33.6 Å². The topological polar surface area (TPSA) is 76.1 Å². The molecule has 2 N–H and O–H groups in total. The van der Waals surface area contributed by atoms with Gasteiger partial charge in [0.1, 0.15) is 11.6 Å². The van der Waals surface area contributed by atoms with Crippen molar-refractivity contribution in [3.63, 3.8) is 0 Å². The second-order valence-electron chi connectivity index (χ2n) is 7.62. The average Bonchev–Trinajstić information content (AvgIpc) is 2.81. The minimum atomic E-state index is -0.336. The molecule has 0 bridgehead atoms. The molecule has 6 nitrogen and oxygen atoms in total. The van der Waals surface area contributed by atoms with Gasteiger partial charge in [-0.15, -0.1) is 11.8 Å². The third-order valence-corrected chi connectivity index (χ3v) is 6.34. The molecule has 0 aliphatic carbocycles. The van der Waals surface area contributed by atoms with Crippen molar-refractivity contribution in [3.8, 4) is 0 Å². The molecule has 3 heterocycles. The molecule has 27 heavy (non-hydrogen) atoms. The van der Waals surface area contributed by atoms with Crippen LogP contribution in [0.2, 0.25) is 0 Å². The second-order valence-corrected chi connectivity index (χ2v) is 8.71. The minimum Gasteiger partial charge on any atom is -0.375 e. The number of hydrogen-bond donors (Lipinski definition) is 2. The smallest absolute Gasteiger partial charge is 0.270 e. The number of carbonyl (C=O) groups excluding carboxylic acids is 1. The Morgan fingerprint density at radius 1 is 1.26 bits per heavy atom. The summed E-state index contributed by atoms with van der Waals surface area (Å²) in [6.45, 7) is 4.64. The first kappa shape index (κ1) is 18.3. The largest absolute Gasteiger partial charge is 0.375 e. The number of carbonyl (C=O) groups is 1. The summed E-state index contributed by atoms with van der Waals surface area (Å²) in [6, 6.07) is 6.12. The third kappa shape index (κ3) is 3.55. The van der Waals surface area contributed by atoms with Gasteiger partial charge >= 0.3 is 0 Å². The molecule has 0 unspecified atom stereocenters. The van der Waals surface area contributed by atoms with Crippen LogP contribution in [0.4, 0.5) is 10.2 Å². The van der Waals surface area contributed by atoms with Crippen LogP contribution in [0.1, 0.15) is 49.1 Å². The van der Waals surface area contributed by atoms with Gasteiger partial charge in [0.15, 0.2) is 0 Å². The number of benzene rings is 1. The molecule has 0 saturated carbocycles. The Labute approximate surface area is 160 Å². The standard InChI is InChI=1S/C19H22FN3O3S/c1-19(2)9-13(7-8-26-19)23-17-15(18(25)22-23)16(27-10-14(24)21-17)11-3-5-12(20)6-4-11/h3-6,13,16H,7-10H2,1-2H3,(H,21,24)(H,22,25)/t13-,16-/m1/s1. The van der Waals surface area contributed by atoms with Crippen LogP contribution >= 0.6 is 11.8 Å². The van der Waals surface area contributed by atoms with Crippen LogP contribution < -0.4 is 10.9 Å². The van der Waals surface area contributed by atoms with E-state index in [2.05, 4.69) is 10.4 Å². The summed E-state index contributed by atoms with van der Waals surface area (Å²) >= 11 is 1.38. The fourth-order valence-corrected chi connectivity index (χ4v) is 4.96. The molecule has 2 atom stereocenters. The van der Waals surface area contributed by atoms with E-state index in [0.29, 0.717) is 18.0 Å². The van der Waals surface area contributed by atoms with Gasteiger partial charge in [0.25, 0.3) is 5.56 Å². The molecule has 1 saturated heterocycles. The molecule has 4 rings (SSSR count). The van der Waals surface area contributed by atoms with Gasteiger partial charge in [0, 0.05) is 6.61 Å². The number of nitrogens with one attached hydrogen (secondary N) is 2. The molecule has 0 spiro atoms. The number of amides is 1. The predicted molar refractivity (Wildman–Crippen MR) is 103 cm³/mol. The summed E-state index contributed by atoms with van der Waals surface area (Å²) in [4.78, 5) is 25.2. The number of hydrogen-bond acceptors (Lipinski definition) is 4. The van der Waals surface area contributed by atoms with Crippen molar-refractivity contribution in [2.75, 3.05) is 17.7 Å². The highest BCUT2D eigenvalue weighted by Gasteiger charge is 2.35. The fourth-order valence-electron chi connectivity index (χ4n) is 3.84. The number of halogens is 1. The lowest BCUT2D eigenvalue weighted by molar-refractivity contribution is -0.113. The van der Waals surface area contributed by atoms with Crippen molar-refractivity contribution in [1.82, 2.24) is 9.78 Å². The van der Waals surface area contributed by atoms with Crippen LogP contribution in [0.25, 0.3) is 0 Å².